The summed E-state index contributed by atoms with van der Waals surface area (Å²) < 4.78 is 5.73. The maximum absolute atomic E-state index is 5.98. The van der Waals surface area contributed by atoms with Crippen LogP contribution in [-0.4, -0.2) is 24.2 Å². The average molecular weight is 221 g/mol. The van der Waals surface area contributed by atoms with Gasteiger partial charge < -0.3 is 15.8 Å². The highest BCUT2D eigenvalue weighted by atomic mass is 16.5. The van der Waals surface area contributed by atoms with E-state index in [4.69, 9.17) is 10.5 Å². The van der Waals surface area contributed by atoms with Crippen LogP contribution in [0.5, 0.6) is 0 Å². The fourth-order valence-corrected chi connectivity index (χ4v) is 2.20. The van der Waals surface area contributed by atoms with Gasteiger partial charge in [-0.25, -0.2) is 0 Å². The highest BCUT2D eigenvalue weighted by Gasteiger charge is 2.27. The van der Waals surface area contributed by atoms with E-state index in [2.05, 4.69) is 17.2 Å². The lowest BCUT2D eigenvalue weighted by Crippen LogP contribution is -2.32. The number of nitrogen functional groups attached to an aromatic ring is 1. The highest BCUT2D eigenvalue weighted by molar-refractivity contribution is 5.46. The normalized spacial score (nSPS) is 22.2. The van der Waals surface area contributed by atoms with Crippen LogP contribution in [-0.2, 0) is 4.74 Å². The van der Waals surface area contributed by atoms with Crippen molar-refractivity contribution in [2.24, 2.45) is 0 Å². The maximum atomic E-state index is 5.98. The van der Waals surface area contributed by atoms with Crippen molar-refractivity contribution < 1.29 is 4.74 Å². The molecule has 2 heterocycles. The summed E-state index contributed by atoms with van der Waals surface area (Å²) in [6.45, 7) is 3.85. The third-order valence-electron chi connectivity index (χ3n) is 2.98. The molecule has 3 N–H and O–H groups in total. The third-order valence-corrected chi connectivity index (χ3v) is 2.98. The van der Waals surface area contributed by atoms with Crippen molar-refractivity contribution in [3.63, 3.8) is 0 Å². The Morgan fingerprint density at radius 1 is 1.69 bits per heavy atom. The molecule has 4 heteroatoms. The summed E-state index contributed by atoms with van der Waals surface area (Å²) in [4.78, 5) is 4.14. The molecular formula is C12H19N3O. The van der Waals surface area contributed by atoms with Crippen LogP contribution in [0.15, 0.2) is 18.5 Å². The van der Waals surface area contributed by atoms with Crippen LogP contribution in [0.25, 0.3) is 0 Å². The second kappa shape index (κ2) is 5.27. The van der Waals surface area contributed by atoms with Gasteiger partial charge in [0, 0.05) is 30.3 Å². The van der Waals surface area contributed by atoms with E-state index in [0.717, 1.165) is 37.2 Å². The van der Waals surface area contributed by atoms with E-state index < -0.39 is 0 Å². The second-order valence-electron chi connectivity index (χ2n) is 4.09. The number of pyridine rings is 1. The third kappa shape index (κ3) is 2.33. The monoisotopic (exact) mass is 221 g/mol. The Morgan fingerprint density at radius 3 is 3.19 bits per heavy atom. The van der Waals surface area contributed by atoms with E-state index in [9.17, 15) is 0 Å². The zero-order valence-electron chi connectivity index (χ0n) is 9.65. The van der Waals surface area contributed by atoms with Crippen LogP contribution in [0.4, 0.5) is 5.69 Å². The van der Waals surface area contributed by atoms with Crippen LogP contribution in [0.2, 0.25) is 0 Å². The molecule has 0 bridgehead atoms. The van der Waals surface area contributed by atoms with Gasteiger partial charge in [-0.2, -0.15) is 0 Å². The van der Waals surface area contributed by atoms with Gasteiger partial charge in [0.15, 0.2) is 0 Å². The van der Waals surface area contributed by atoms with Crippen molar-refractivity contribution in [3.05, 3.63) is 24.0 Å². The number of nitrogens with zero attached hydrogens (tertiary/aromatic N) is 1. The molecule has 1 aromatic rings. The molecule has 88 valence electrons. The molecule has 2 rings (SSSR count). The molecule has 1 aromatic heterocycles. The summed E-state index contributed by atoms with van der Waals surface area (Å²) in [7, 11) is 0. The van der Waals surface area contributed by atoms with E-state index in [-0.39, 0.29) is 12.1 Å². The topological polar surface area (TPSA) is 60.2 Å². The van der Waals surface area contributed by atoms with Crippen molar-refractivity contribution in [2.45, 2.75) is 31.9 Å². The van der Waals surface area contributed by atoms with Crippen LogP contribution in [0, 0.1) is 0 Å². The van der Waals surface area contributed by atoms with E-state index in [1.54, 1.807) is 6.20 Å². The summed E-state index contributed by atoms with van der Waals surface area (Å²) in [5.41, 5.74) is 7.82. The van der Waals surface area contributed by atoms with Gasteiger partial charge in [0.1, 0.15) is 0 Å². The van der Waals surface area contributed by atoms with Crippen LogP contribution in [0.1, 0.15) is 31.4 Å². The Morgan fingerprint density at radius 2 is 2.56 bits per heavy atom. The Bertz CT molecular complexity index is 337. The zero-order valence-corrected chi connectivity index (χ0v) is 9.65. The fraction of sp³-hybridized carbons (Fsp3) is 0.583. The Kier molecular flexibility index (Phi) is 3.74. The number of anilines is 1. The molecular weight excluding hydrogens is 202 g/mol. The lowest BCUT2D eigenvalue weighted by molar-refractivity contribution is 0.0789. The molecule has 0 spiro atoms. The molecule has 0 amide bonds. The summed E-state index contributed by atoms with van der Waals surface area (Å²) in [5.74, 6) is 0. The number of aromatic nitrogens is 1. The lowest BCUT2D eigenvalue weighted by atomic mass is 9.99. The quantitative estimate of drug-likeness (QED) is 0.808. The number of hydrogen-bond donors (Lipinski definition) is 2. The number of ether oxygens (including phenoxy) is 1. The molecule has 4 nitrogen and oxygen atoms in total. The first-order valence-corrected chi connectivity index (χ1v) is 5.87. The Labute approximate surface area is 96.2 Å². The number of hydrogen-bond acceptors (Lipinski definition) is 4. The molecule has 0 radical (unpaired) electrons. The molecule has 1 aliphatic rings. The first-order chi connectivity index (χ1) is 7.83. The molecule has 2 atom stereocenters. The van der Waals surface area contributed by atoms with Gasteiger partial charge >= 0.3 is 0 Å². The second-order valence-corrected chi connectivity index (χ2v) is 4.09. The Hall–Kier alpha value is -1.13. The largest absolute Gasteiger partial charge is 0.398 e. The van der Waals surface area contributed by atoms with Gasteiger partial charge in [-0.3, -0.25) is 4.98 Å². The zero-order chi connectivity index (χ0) is 11.4. The van der Waals surface area contributed by atoms with Gasteiger partial charge in [0.05, 0.1) is 12.1 Å². The first-order valence-electron chi connectivity index (χ1n) is 5.87. The van der Waals surface area contributed by atoms with Crippen LogP contribution < -0.4 is 11.1 Å². The van der Waals surface area contributed by atoms with Crippen molar-refractivity contribution in [1.82, 2.24) is 10.3 Å². The van der Waals surface area contributed by atoms with Gasteiger partial charge in [-0.1, -0.05) is 6.92 Å². The Balaban J connectivity index is 2.21. The minimum atomic E-state index is 0.168. The smallest absolute Gasteiger partial charge is 0.0771 e. The summed E-state index contributed by atoms with van der Waals surface area (Å²) in [6.07, 6.45) is 6.01. The molecule has 16 heavy (non-hydrogen) atoms. The number of nitrogens with two attached hydrogens (primary N) is 1. The highest BCUT2D eigenvalue weighted by Crippen LogP contribution is 2.29. The standard InChI is InChI=1S/C12H19N3O/c1-2-15-12(11-4-3-7-16-11)9-8-14-6-5-10(9)13/h5-6,8,11-12,15H,2-4,7H2,1H3,(H2,13,14). The minimum Gasteiger partial charge on any atom is -0.398 e. The van der Waals surface area contributed by atoms with Gasteiger partial charge in [0.25, 0.3) is 0 Å². The molecule has 2 unspecified atom stereocenters. The van der Waals surface area contributed by atoms with Crippen LogP contribution >= 0.6 is 0 Å². The van der Waals surface area contributed by atoms with Crippen molar-refractivity contribution in [2.75, 3.05) is 18.9 Å². The molecule has 1 saturated heterocycles. The number of rotatable bonds is 4. The van der Waals surface area contributed by atoms with E-state index >= 15 is 0 Å². The molecule has 0 aliphatic carbocycles. The van der Waals surface area contributed by atoms with Crippen molar-refractivity contribution in [3.8, 4) is 0 Å². The molecule has 1 fully saturated rings. The minimum absolute atomic E-state index is 0.168. The van der Waals surface area contributed by atoms with Crippen LogP contribution in [0.3, 0.4) is 0 Å². The van der Waals surface area contributed by atoms with E-state index in [1.165, 1.54) is 0 Å². The predicted octanol–water partition coefficient (Wildman–Crippen LogP) is 1.49. The first kappa shape index (κ1) is 11.4. The van der Waals surface area contributed by atoms with Gasteiger partial charge in [-0.05, 0) is 25.5 Å². The lowest BCUT2D eigenvalue weighted by Gasteiger charge is -2.24. The average Bonchev–Trinajstić information content (AvgIpc) is 2.80. The fourth-order valence-electron chi connectivity index (χ4n) is 2.20. The molecule has 0 aromatic carbocycles. The summed E-state index contributed by atoms with van der Waals surface area (Å²) in [5, 5.41) is 3.44. The SMILES string of the molecule is CCNC(c1cnccc1N)C1CCCO1. The van der Waals surface area contributed by atoms with Crippen molar-refractivity contribution >= 4 is 5.69 Å². The molecule has 0 saturated carbocycles. The van der Waals surface area contributed by atoms with Crippen molar-refractivity contribution in [1.29, 1.82) is 0 Å². The summed E-state index contributed by atoms with van der Waals surface area (Å²) >= 11 is 0. The predicted molar refractivity (Wildman–Crippen MR) is 64.0 cm³/mol. The van der Waals surface area contributed by atoms with E-state index in [0.29, 0.717) is 0 Å². The van der Waals surface area contributed by atoms with E-state index in [1.807, 2.05) is 12.3 Å². The molecule has 1 aliphatic heterocycles. The maximum Gasteiger partial charge on any atom is 0.0771 e. The van der Waals surface area contributed by atoms with Gasteiger partial charge in [-0.15, -0.1) is 0 Å². The number of likely N-dealkylation sites (N-methyl/N-ethyl adjacent to an activating group) is 1. The number of nitrogens with one attached hydrogen (secondary N) is 1. The summed E-state index contributed by atoms with van der Waals surface area (Å²) in [6, 6.07) is 2.01. The van der Waals surface area contributed by atoms with Gasteiger partial charge in [0.2, 0.25) is 0 Å².